The minimum absolute atomic E-state index is 0.0682. The molecule has 1 fully saturated rings. The zero-order valence-corrected chi connectivity index (χ0v) is 18.8. The number of hydrogen-bond acceptors (Lipinski definition) is 6. The van der Waals surface area contributed by atoms with Gasteiger partial charge in [-0.05, 0) is 43.0 Å². The van der Waals surface area contributed by atoms with E-state index in [0.29, 0.717) is 11.3 Å². The van der Waals surface area contributed by atoms with E-state index in [1.165, 1.54) is 12.3 Å². The normalized spacial score (nSPS) is 14.5. The maximum Gasteiger partial charge on any atom is 0.329 e. The number of anilines is 1. The summed E-state index contributed by atoms with van der Waals surface area (Å²) in [4.78, 5) is 49.8. The first-order chi connectivity index (χ1) is 15.8. The number of carbonyl (C=O) groups excluding carboxylic acids is 4. The Bertz CT molecular complexity index is 980. The Morgan fingerprint density at radius 2 is 1.76 bits per heavy atom. The molecule has 0 spiro atoms. The summed E-state index contributed by atoms with van der Waals surface area (Å²) >= 11 is 0. The molecule has 3 rings (SSSR count). The summed E-state index contributed by atoms with van der Waals surface area (Å²) < 4.78 is 10.2. The predicted molar refractivity (Wildman–Crippen MR) is 121 cm³/mol. The van der Waals surface area contributed by atoms with Gasteiger partial charge in [0.05, 0.1) is 17.5 Å². The Labute approximate surface area is 192 Å². The second-order valence-corrected chi connectivity index (χ2v) is 8.33. The van der Waals surface area contributed by atoms with Gasteiger partial charge in [0.25, 0.3) is 17.7 Å². The molecule has 0 radical (unpaired) electrons. The number of rotatable bonds is 9. The van der Waals surface area contributed by atoms with Crippen LogP contribution in [0.2, 0.25) is 0 Å². The van der Waals surface area contributed by atoms with Crippen molar-refractivity contribution in [2.75, 3.05) is 11.9 Å². The van der Waals surface area contributed by atoms with Crippen LogP contribution in [-0.2, 0) is 14.3 Å². The van der Waals surface area contributed by atoms with Crippen LogP contribution in [0.5, 0.6) is 0 Å². The summed E-state index contributed by atoms with van der Waals surface area (Å²) in [7, 11) is 0. The Kier molecular flexibility index (Phi) is 8.23. The van der Waals surface area contributed by atoms with E-state index in [1.54, 1.807) is 44.2 Å². The molecule has 1 aromatic heterocycles. The van der Waals surface area contributed by atoms with E-state index >= 15 is 0 Å². The topological polar surface area (TPSA) is 127 Å². The predicted octanol–water partition coefficient (Wildman–Crippen LogP) is 2.89. The van der Waals surface area contributed by atoms with Gasteiger partial charge in [0.2, 0.25) is 0 Å². The van der Waals surface area contributed by atoms with Crippen LogP contribution >= 0.6 is 0 Å². The van der Waals surface area contributed by atoms with E-state index in [-0.39, 0.29) is 23.6 Å². The minimum atomic E-state index is -0.958. The lowest BCUT2D eigenvalue weighted by Crippen LogP contribution is -2.45. The lowest BCUT2D eigenvalue weighted by Gasteiger charge is -2.20. The number of carbonyl (C=O) groups is 4. The van der Waals surface area contributed by atoms with Crippen molar-refractivity contribution in [3.05, 3.63) is 54.0 Å². The molecule has 33 heavy (non-hydrogen) atoms. The molecule has 0 saturated heterocycles. The van der Waals surface area contributed by atoms with Crippen molar-refractivity contribution in [1.82, 2.24) is 10.6 Å². The average molecular weight is 456 g/mol. The van der Waals surface area contributed by atoms with Crippen LogP contribution in [0.25, 0.3) is 0 Å². The second-order valence-electron chi connectivity index (χ2n) is 8.33. The Morgan fingerprint density at radius 1 is 1.03 bits per heavy atom. The van der Waals surface area contributed by atoms with E-state index in [4.69, 9.17) is 9.15 Å². The summed E-state index contributed by atoms with van der Waals surface area (Å²) in [6.07, 6.45) is 5.43. The Hall–Kier alpha value is -3.62. The number of furan rings is 1. The van der Waals surface area contributed by atoms with Crippen LogP contribution in [0.15, 0.2) is 47.1 Å². The third-order valence-corrected chi connectivity index (χ3v) is 5.43. The summed E-state index contributed by atoms with van der Waals surface area (Å²) in [6, 6.07) is 8.89. The fourth-order valence-electron chi connectivity index (χ4n) is 3.65. The van der Waals surface area contributed by atoms with Crippen LogP contribution in [0.3, 0.4) is 0 Å². The van der Waals surface area contributed by atoms with Crippen molar-refractivity contribution in [3.8, 4) is 0 Å². The number of benzene rings is 1. The molecule has 1 heterocycles. The lowest BCUT2D eigenvalue weighted by molar-refractivity contribution is -0.150. The van der Waals surface area contributed by atoms with Crippen LogP contribution < -0.4 is 16.0 Å². The van der Waals surface area contributed by atoms with Gasteiger partial charge in [-0.1, -0.05) is 38.8 Å². The molecule has 0 unspecified atom stereocenters. The fourth-order valence-corrected chi connectivity index (χ4v) is 3.65. The molecule has 9 nitrogen and oxygen atoms in total. The number of esters is 1. The monoisotopic (exact) mass is 455 g/mol. The minimum Gasteiger partial charge on any atom is -0.459 e. The largest absolute Gasteiger partial charge is 0.459 e. The number of para-hydroxylation sites is 1. The van der Waals surface area contributed by atoms with Crippen LogP contribution in [0.1, 0.15) is 60.4 Å². The van der Waals surface area contributed by atoms with Crippen LogP contribution in [0.4, 0.5) is 5.69 Å². The summed E-state index contributed by atoms with van der Waals surface area (Å²) in [5.41, 5.74) is 0.676. The molecule has 176 valence electrons. The molecule has 0 aliphatic heterocycles. The zero-order valence-electron chi connectivity index (χ0n) is 18.8. The van der Waals surface area contributed by atoms with Gasteiger partial charge in [0.1, 0.15) is 6.04 Å². The van der Waals surface area contributed by atoms with E-state index < -0.39 is 30.4 Å². The van der Waals surface area contributed by atoms with E-state index in [1.807, 2.05) is 0 Å². The van der Waals surface area contributed by atoms with Gasteiger partial charge in [0, 0.05) is 6.04 Å². The quantitative estimate of drug-likeness (QED) is 0.499. The van der Waals surface area contributed by atoms with Gasteiger partial charge >= 0.3 is 5.97 Å². The number of amides is 3. The first kappa shape index (κ1) is 24.0. The SMILES string of the molecule is CC(C)[C@H](NC(=O)c1ccco1)C(=O)OCC(=O)Nc1ccccc1C(=O)NC1CCCC1. The number of hydrogen-bond donors (Lipinski definition) is 3. The fraction of sp³-hybridized carbons (Fsp3) is 0.417. The summed E-state index contributed by atoms with van der Waals surface area (Å²) in [6.45, 7) is 2.93. The van der Waals surface area contributed by atoms with E-state index in [2.05, 4.69) is 16.0 Å². The highest BCUT2D eigenvalue weighted by atomic mass is 16.5. The van der Waals surface area contributed by atoms with Crippen LogP contribution in [0, 0.1) is 5.92 Å². The smallest absolute Gasteiger partial charge is 0.329 e. The molecule has 0 bridgehead atoms. The maximum atomic E-state index is 12.6. The van der Waals surface area contributed by atoms with Crippen molar-refractivity contribution in [1.29, 1.82) is 0 Å². The Morgan fingerprint density at radius 3 is 2.42 bits per heavy atom. The first-order valence-corrected chi connectivity index (χ1v) is 11.1. The molecule has 3 amide bonds. The van der Waals surface area contributed by atoms with Crippen molar-refractivity contribution < 1.29 is 28.3 Å². The third kappa shape index (κ3) is 6.68. The molecule has 3 N–H and O–H groups in total. The second kappa shape index (κ2) is 11.3. The average Bonchev–Trinajstić information content (AvgIpc) is 3.50. The lowest BCUT2D eigenvalue weighted by atomic mass is 10.0. The molecule has 1 saturated carbocycles. The maximum absolute atomic E-state index is 12.6. The summed E-state index contributed by atoms with van der Waals surface area (Å²) in [5.74, 6) is -2.35. The van der Waals surface area contributed by atoms with Gasteiger partial charge in [-0.25, -0.2) is 4.79 Å². The van der Waals surface area contributed by atoms with E-state index in [0.717, 1.165) is 25.7 Å². The van der Waals surface area contributed by atoms with Gasteiger partial charge in [-0.3, -0.25) is 14.4 Å². The van der Waals surface area contributed by atoms with E-state index in [9.17, 15) is 19.2 Å². The van der Waals surface area contributed by atoms with Crippen LogP contribution in [-0.4, -0.2) is 42.4 Å². The number of ether oxygens (including phenoxy) is 1. The number of nitrogens with one attached hydrogen (secondary N) is 3. The molecular weight excluding hydrogens is 426 g/mol. The van der Waals surface area contributed by atoms with Crippen molar-refractivity contribution >= 4 is 29.4 Å². The first-order valence-electron chi connectivity index (χ1n) is 11.1. The molecule has 1 aromatic carbocycles. The van der Waals surface area contributed by atoms with Gasteiger partial charge in [-0.2, -0.15) is 0 Å². The molecule has 1 atom stereocenters. The highest BCUT2D eigenvalue weighted by Gasteiger charge is 2.28. The van der Waals surface area contributed by atoms with Crippen molar-refractivity contribution in [3.63, 3.8) is 0 Å². The molecule has 1 aliphatic carbocycles. The molecular formula is C24H29N3O6. The van der Waals surface area contributed by atoms with Gasteiger partial charge < -0.3 is 25.1 Å². The zero-order chi connectivity index (χ0) is 23.8. The Balaban J connectivity index is 1.55. The van der Waals surface area contributed by atoms with Gasteiger partial charge in [0.15, 0.2) is 12.4 Å². The molecule has 2 aromatic rings. The van der Waals surface area contributed by atoms with Crippen molar-refractivity contribution in [2.24, 2.45) is 5.92 Å². The highest BCUT2D eigenvalue weighted by Crippen LogP contribution is 2.20. The highest BCUT2D eigenvalue weighted by molar-refractivity contribution is 6.04. The summed E-state index contributed by atoms with van der Waals surface area (Å²) in [5, 5.41) is 8.17. The molecule has 1 aliphatic rings. The van der Waals surface area contributed by atoms with Crippen molar-refractivity contribution in [2.45, 2.75) is 51.6 Å². The standard InChI is InChI=1S/C24H29N3O6/c1-15(2)21(27-23(30)19-12-7-13-32-19)24(31)33-14-20(28)26-18-11-6-5-10-17(18)22(29)25-16-8-3-4-9-16/h5-7,10-13,15-16,21H,3-4,8-9,14H2,1-2H3,(H,25,29)(H,26,28)(H,27,30)/t21-/m0/s1. The third-order valence-electron chi connectivity index (χ3n) is 5.43. The van der Waals surface area contributed by atoms with Gasteiger partial charge in [-0.15, -0.1) is 0 Å². The molecule has 9 heteroatoms.